The summed E-state index contributed by atoms with van der Waals surface area (Å²) >= 11 is 8.98. The summed E-state index contributed by atoms with van der Waals surface area (Å²) < 4.78 is 1.64. The van der Waals surface area contributed by atoms with Crippen LogP contribution < -0.4 is 4.90 Å². The highest BCUT2D eigenvalue weighted by Gasteiger charge is 2.18. The predicted molar refractivity (Wildman–Crippen MR) is 124 cm³/mol. The Hall–Kier alpha value is -2.75. The number of tetrazole rings is 1. The number of carbonyl (C=O) groups is 1. The smallest absolute Gasteiger partial charge is 0.230 e. The molecule has 0 spiro atoms. The normalized spacial score (nSPS) is 10.9. The van der Waals surface area contributed by atoms with Crippen molar-refractivity contribution in [3.8, 4) is 5.69 Å². The second kappa shape index (κ2) is 9.59. The Morgan fingerprint density at radius 1 is 1.23 bits per heavy atom. The van der Waals surface area contributed by atoms with E-state index >= 15 is 0 Å². The third-order valence-corrected chi connectivity index (χ3v) is 6.55. The van der Waals surface area contributed by atoms with Crippen LogP contribution in [0.4, 0.5) is 10.8 Å². The van der Waals surface area contributed by atoms with E-state index in [4.69, 9.17) is 11.6 Å². The molecule has 4 rings (SSSR count). The van der Waals surface area contributed by atoms with Crippen molar-refractivity contribution >= 4 is 51.4 Å². The maximum Gasteiger partial charge on any atom is 0.230 e. The number of aromatic nitrogens is 5. The standard InChI is InChI=1S/C21H19ClN6OS2/c1-3-15-7-9-18(10-8-15)27(14(2)29)20-23-17(12-30-20)13-31-21-24-25-26-28(21)19-6-4-5-16(22)11-19/h4-12H,3,13H2,1-2H3. The largest absolute Gasteiger partial charge is 0.274 e. The summed E-state index contributed by atoms with van der Waals surface area (Å²) in [6.07, 6.45) is 0.952. The van der Waals surface area contributed by atoms with E-state index in [0.29, 0.717) is 21.1 Å². The Morgan fingerprint density at radius 3 is 2.74 bits per heavy atom. The number of amides is 1. The molecule has 158 valence electrons. The molecule has 31 heavy (non-hydrogen) atoms. The monoisotopic (exact) mass is 470 g/mol. The molecule has 1 amide bonds. The lowest BCUT2D eigenvalue weighted by molar-refractivity contribution is -0.115. The molecule has 0 unspecified atom stereocenters. The fourth-order valence-electron chi connectivity index (χ4n) is 2.95. The van der Waals surface area contributed by atoms with Gasteiger partial charge in [0.05, 0.1) is 17.1 Å². The summed E-state index contributed by atoms with van der Waals surface area (Å²) in [5.74, 6) is 0.487. The van der Waals surface area contributed by atoms with Crippen LogP contribution in [0, 0.1) is 0 Å². The first-order valence-corrected chi connectivity index (χ1v) is 11.8. The molecule has 0 radical (unpaired) electrons. The molecule has 0 saturated heterocycles. The Morgan fingerprint density at radius 2 is 2.03 bits per heavy atom. The highest BCUT2D eigenvalue weighted by atomic mass is 35.5. The van der Waals surface area contributed by atoms with Gasteiger partial charge in [-0.2, -0.15) is 4.68 Å². The number of thiazole rings is 1. The predicted octanol–water partition coefficient (Wildman–Crippen LogP) is 5.31. The second-order valence-corrected chi connectivity index (χ2v) is 8.85. The zero-order chi connectivity index (χ0) is 21.8. The lowest BCUT2D eigenvalue weighted by Crippen LogP contribution is -2.22. The molecule has 2 heterocycles. The van der Waals surface area contributed by atoms with E-state index in [1.54, 1.807) is 28.6 Å². The average Bonchev–Trinajstić information content (AvgIpc) is 3.42. The molecule has 0 N–H and O–H groups in total. The molecule has 0 atom stereocenters. The van der Waals surface area contributed by atoms with Crippen molar-refractivity contribution < 1.29 is 4.79 Å². The van der Waals surface area contributed by atoms with Crippen molar-refractivity contribution in [2.45, 2.75) is 31.2 Å². The molecule has 10 heteroatoms. The number of thioether (sulfide) groups is 1. The van der Waals surface area contributed by atoms with Gasteiger partial charge in [-0.3, -0.25) is 9.69 Å². The van der Waals surface area contributed by atoms with E-state index < -0.39 is 0 Å². The number of halogens is 1. The highest BCUT2D eigenvalue weighted by Crippen LogP contribution is 2.31. The van der Waals surface area contributed by atoms with Crippen LogP contribution in [-0.4, -0.2) is 31.1 Å². The van der Waals surface area contributed by atoms with Gasteiger partial charge in [-0.25, -0.2) is 4.98 Å². The lowest BCUT2D eigenvalue weighted by atomic mass is 10.1. The average molecular weight is 471 g/mol. The maximum absolute atomic E-state index is 12.3. The molecule has 0 aliphatic heterocycles. The molecule has 2 aromatic carbocycles. The van der Waals surface area contributed by atoms with E-state index in [0.717, 1.165) is 23.5 Å². The molecular weight excluding hydrogens is 452 g/mol. The van der Waals surface area contributed by atoms with Gasteiger partial charge in [0, 0.05) is 23.1 Å². The molecule has 0 bridgehead atoms. The Labute approximate surface area is 193 Å². The lowest BCUT2D eigenvalue weighted by Gasteiger charge is -2.18. The first-order valence-electron chi connectivity index (χ1n) is 9.56. The molecule has 4 aromatic rings. The molecule has 7 nitrogen and oxygen atoms in total. The summed E-state index contributed by atoms with van der Waals surface area (Å²) in [7, 11) is 0. The molecule has 0 saturated carbocycles. The van der Waals surface area contributed by atoms with Gasteiger partial charge in [-0.15, -0.1) is 16.4 Å². The van der Waals surface area contributed by atoms with Crippen molar-refractivity contribution in [3.63, 3.8) is 0 Å². The van der Waals surface area contributed by atoms with Gasteiger partial charge in [-0.05, 0) is 52.7 Å². The SMILES string of the molecule is CCc1ccc(N(C(C)=O)c2nc(CSc3nnnn3-c3cccc(Cl)c3)cs2)cc1. The number of anilines is 2. The fourth-order valence-corrected chi connectivity index (χ4v) is 4.91. The van der Waals surface area contributed by atoms with Crippen molar-refractivity contribution in [2.24, 2.45) is 0 Å². The van der Waals surface area contributed by atoms with E-state index in [1.165, 1.54) is 28.7 Å². The van der Waals surface area contributed by atoms with Crippen molar-refractivity contribution in [2.75, 3.05) is 4.90 Å². The molecule has 0 aliphatic rings. The molecule has 2 aromatic heterocycles. The number of carbonyl (C=O) groups excluding carboxylic acids is 1. The van der Waals surface area contributed by atoms with Crippen LogP contribution in [0.3, 0.4) is 0 Å². The van der Waals surface area contributed by atoms with E-state index in [-0.39, 0.29) is 5.91 Å². The minimum atomic E-state index is -0.0808. The number of hydrogen-bond donors (Lipinski definition) is 0. The van der Waals surface area contributed by atoms with Crippen molar-refractivity contribution in [3.05, 3.63) is 70.2 Å². The van der Waals surface area contributed by atoms with Gasteiger partial charge in [0.2, 0.25) is 11.1 Å². The summed E-state index contributed by atoms with van der Waals surface area (Å²) in [5.41, 5.74) is 3.67. The number of aryl methyl sites for hydroxylation is 1. The zero-order valence-corrected chi connectivity index (χ0v) is 19.3. The highest BCUT2D eigenvalue weighted by molar-refractivity contribution is 7.98. The maximum atomic E-state index is 12.3. The van der Waals surface area contributed by atoms with Gasteiger partial charge in [0.25, 0.3) is 0 Å². The first-order chi connectivity index (χ1) is 15.0. The van der Waals surface area contributed by atoms with Crippen LogP contribution in [-0.2, 0) is 17.0 Å². The topological polar surface area (TPSA) is 76.8 Å². The first kappa shape index (κ1) is 21.5. The van der Waals surface area contributed by atoms with Crippen molar-refractivity contribution in [1.82, 2.24) is 25.2 Å². The molecule has 0 aliphatic carbocycles. The van der Waals surface area contributed by atoms with Crippen molar-refractivity contribution in [1.29, 1.82) is 0 Å². The zero-order valence-electron chi connectivity index (χ0n) is 16.9. The van der Waals surface area contributed by atoms with Gasteiger partial charge in [0.15, 0.2) is 5.13 Å². The number of benzene rings is 2. The van der Waals surface area contributed by atoms with E-state index in [1.807, 2.05) is 41.8 Å². The summed E-state index contributed by atoms with van der Waals surface area (Å²) in [5, 5.41) is 15.8. The van der Waals surface area contributed by atoms with Gasteiger partial charge < -0.3 is 0 Å². The van der Waals surface area contributed by atoms with Crippen LogP contribution in [0.5, 0.6) is 0 Å². The van der Waals surface area contributed by atoms with Gasteiger partial charge >= 0.3 is 0 Å². The quantitative estimate of drug-likeness (QED) is 0.340. The van der Waals surface area contributed by atoms with Crippen LogP contribution in [0.1, 0.15) is 25.1 Å². The Balaban J connectivity index is 1.50. The Bertz CT molecular complexity index is 1190. The minimum absolute atomic E-state index is 0.0808. The number of rotatable bonds is 7. The van der Waals surface area contributed by atoms with E-state index in [2.05, 4.69) is 27.4 Å². The minimum Gasteiger partial charge on any atom is -0.274 e. The third-order valence-electron chi connectivity index (χ3n) is 4.49. The van der Waals surface area contributed by atoms with Gasteiger partial charge in [0.1, 0.15) is 0 Å². The van der Waals surface area contributed by atoms with Gasteiger partial charge in [-0.1, -0.05) is 48.5 Å². The Kier molecular flexibility index (Phi) is 6.64. The van der Waals surface area contributed by atoms with Crippen LogP contribution >= 0.6 is 34.7 Å². The number of hydrogen-bond acceptors (Lipinski definition) is 7. The third kappa shape index (κ3) is 4.95. The molecular formula is C21H19ClN6OS2. The summed E-state index contributed by atoms with van der Waals surface area (Å²) in [4.78, 5) is 18.6. The summed E-state index contributed by atoms with van der Waals surface area (Å²) in [6, 6.07) is 15.3. The molecule has 0 fully saturated rings. The van der Waals surface area contributed by atoms with Crippen LogP contribution in [0.25, 0.3) is 5.69 Å². The van der Waals surface area contributed by atoms with E-state index in [9.17, 15) is 4.79 Å². The summed E-state index contributed by atoms with van der Waals surface area (Å²) in [6.45, 7) is 3.65. The fraction of sp³-hybridized carbons (Fsp3) is 0.190. The van der Waals surface area contributed by atoms with Crippen LogP contribution in [0.2, 0.25) is 5.02 Å². The van der Waals surface area contributed by atoms with Crippen LogP contribution in [0.15, 0.2) is 59.1 Å². The number of nitrogens with zero attached hydrogens (tertiary/aromatic N) is 6. The second-order valence-electron chi connectivity index (χ2n) is 6.64.